The summed E-state index contributed by atoms with van der Waals surface area (Å²) in [5.41, 5.74) is 5.69. The van der Waals surface area contributed by atoms with Crippen molar-refractivity contribution in [3.8, 4) is 21.7 Å². The van der Waals surface area contributed by atoms with Crippen LogP contribution in [0.1, 0.15) is 38.3 Å². The van der Waals surface area contributed by atoms with Gasteiger partial charge in [-0.3, -0.25) is 0 Å². The normalized spacial score (nSPS) is 12.1. The number of aryl methyl sites for hydroxylation is 1. The van der Waals surface area contributed by atoms with E-state index in [1.165, 1.54) is 47.6 Å². The molecule has 7 aromatic rings. The summed E-state index contributed by atoms with van der Waals surface area (Å²) in [5, 5.41) is 6.20. The number of aromatic nitrogens is 4. The first-order valence-electron chi connectivity index (χ1n) is 12.5. The Bertz CT molecular complexity index is 1920. The molecule has 0 unspecified atom stereocenters. The minimum Gasteiger partial charge on any atom is -0.342 e. The quantitative estimate of drug-likeness (QED) is 0.244. The first kappa shape index (κ1) is 21.3. The van der Waals surface area contributed by atoms with Crippen LogP contribution in [0.5, 0.6) is 0 Å². The maximum atomic E-state index is 4.98. The Morgan fingerprint density at radius 3 is 2.47 bits per heavy atom. The largest absolute Gasteiger partial charge is 0.342 e. The molecule has 0 bridgehead atoms. The number of imidazole rings is 2. The van der Waals surface area contributed by atoms with E-state index in [4.69, 9.17) is 4.98 Å². The molecule has 2 N–H and O–H groups in total. The molecule has 0 aliphatic rings. The fourth-order valence-corrected chi connectivity index (χ4v) is 6.25. The van der Waals surface area contributed by atoms with Gasteiger partial charge in [0.25, 0.3) is 0 Å². The van der Waals surface area contributed by atoms with Crippen LogP contribution in [0.3, 0.4) is 0 Å². The summed E-state index contributed by atoms with van der Waals surface area (Å²) < 4.78 is 1.28. The van der Waals surface area contributed by atoms with Crippen molar-refractivity contribution in [2.75, 3.05) is 0 Å². The van der Waals surface area contributed by atoms with Crippen LogP contribution in [-0.4, -0.2) is 19.9 Å². The predicted octanol–water partition coefficient (Wildman–Crippen LogP) is 8.83. The fourth-order valence-electron chi connectivity index (χ4n) is 5.15. The number of rotatable bonds is 4. The highest BCUT2D eigenvalue weighted by molar-refractivity contribution is 7.22. The van der Waals surface area contributed by atoms with E-state index in [1.54, 1.807) is 0 Å². The molecule has 0 spiro atoms. The smallest absolute Gasteiger partial charge is 0.109 e. The van der Waals surface area contributed by atoms with Crippen molar-refractivity contribution in [2.24, 2.45) is 0 Å². The zero-order valence-corrected chi connectivity index (χ0v) is 21.3. The van der Waals surface area contributed by atoms with Crippen LogP contribution in [0.25, 0.3) is 64.4 Å². The van der Waals surface area contributed by atoms with Gasteiger partial charge in [-0.2, -0.15) is 0 Å². The zero-order valence-electron chi connectivity index (χ0n) is 20.5. The number of aromatic amines is 2. The number of thiophene rings is 1. The molecule has 0 saturated carbocycles. The SMILES string of the molecule is CCc1ncc(-c2ccc3cc(-c4ccc5c(c4)c4ccccc4c4nc(C(C)C)[nH]c54)sc3c2)[nH]1. The van der Waals surface area contributed by atoms with Crippen LogP contribution in [0.15, 0.2) is 72.9 Å². The number of nitrogens with zero attached hydrogens (tertiary/aromatic N) is 2. The average Bonchev–Trinajstić information content (AvgIpc) is 3.66. The van der Waals surface area contributed by atoms with Gasteiger partial charge in [0.1, 0.15) is 11.6 Å². The van der Waals surface area contributed by atoms with E-state index in [-0.39, 0.29) is 0 Å². The molecule has 4 aromatic carbocycles. The molecule has 0 aliphatic heterocycles. The van der Waals surface area contributed by atoms with Gasteiger partial charge >= 0.3 is 0 Å². The summed E-state index contributed by atoms with van der Waals surface area (Å²) in [5.74, 6) is 2.41. The van der Waals surface area contributed by atoms with Gasteiger partial charge in [-0.05, 0) is 39.9 Å². The second-order valence-electron chi connectivity index (χ2n) is 9.77. The van der Waals surface area contributed by atoms with Crippen molar-refractivity contribution in [1.29, 1.82) is 0 Å². The van der Waals surface area contributed by atoms with Crippen molar-refractivity contribution < 1.29 is 0 Å². The van der Waals surface area contributed by atoms with Crippen LogP contribution >= 0.6 is 11.3 Å². The molecule has 0 fully saturated rings. The van der Waals surface area contributed by atoms with Gasteiger partial charge < -0.3 is 9.97 Å². The highest BCUT2D eigenvalue weighted by Crippen LogP contribution is 2.40. The summed E-state index contributed by atoms with van der Waals surface area (Å²) >= 11 is 1.84. The third-order valence-electron chi connectivity index (χ3n) is 7.11. The lowest BCUT2D eigenvalue weighted by Crippen LogP contribution is -1.88. The fraction of sp³-hybridized carbons (Fsp3) is 0.161. The van der Waals surface area contributed by atoms with Crippen LogP contribution in [0, 0.1) is 0 Å². The summed E-state index contributed by atoms with van der Waals surface area (Å²) in [7, 11) is 0. The predicted molar refractivity (Wildman–Crippen MR) is 153 cm³/mol. The van der Waals surface area contributed by atoms with E-state index in [0.717, 1.165) is 34.8 Å². The Kier molecular flexibility index (Phi) is 4.76. The third-order valence-corrected chi connectivity index (χ3v) is 8.26. The summed E-state index contributed by atoms with van der Waals surface area (Å²) in [6.07, 6.45) is 2.84. The molecule has 0 atom stereocenters. The van der Waals surface area contributed by atoms with Crippen molar-refractivity contribution in [3.05, 3.63) is 84.6 Å². The lowest BCUT2D eigenvalue weighted by molar-refractivity contribution is 0.799. The Balaban J connectivity index is 1.40. The van der Waals surface area contributed by atoms with E-state index in [1.807, 2.05) is 17.5 Å². The van der Waals surface area contributed by atoms with Crippen LogP contribution in [-0.2, 0) is 6.42 Å². The van der Waals surface area contributed by atoms with Crippen molar-refractivity contribution in [3.63, 3.8) is 0 Å². The molecule has 3 heterocycles. The third kappa shape index (κ3) is 3.27. The topological polar surface area (TPSA) is 57.4 Å². The molecule has 7 rings (SSSR count). The summed E-state index contributed by atoms with van der Waals surface area (Å²) in [6, 6.07) is 24.5. The van der Waals surface area contributed by atoms with Gasteiger partial charge in [-0.1, -0.05) is 69.3 Å². The van der Waals surface area contributed by atoms with Gasteiger partial charge in [0, 0.05) is 38.3 Å². The molecule has 0 radical (unpaired) electrons. The number of hydrogen-bond acceptors (Lipinski definition) is 3. The average molecular weight is 487 g/mol. The first-order valence-corrected chi connectivity index (χ1v) is 13.3. The van der Waals surface area contributed by atoms with Crippen LogP contribution < -0.4 is 0 Å². The highest BCUT2D eigenvalue weighted by atomic mass is 32.1. The Morgan fingerprint density at radius 2 is 1.67 bits per heavy atom. The number of nitrogens with one attached hydrogen (secondary N) is 2. The second kappa shape index (κ2) is 8.04. The molecule has 0 aliphatic carbocycles. The van der Waals surface area contributed by atoms with Crippen molar-refractivity contribution in [1.82, 2.24) is 19.9 Å². The maximum Gasteiger partial charge on any atom is 0.109 e. The maximum absolute atomic E-state index is 4.98. The lowest BCUT2D eigenvalue weighted by Gasteiger charge is -2.08. The molecule has 4 nitrogen and oxygen atoms in total. The Morgan fingerprint density at radius 1 is 0.833 bits per heavy atom. The zero-order chi connectivity index (χ0) is 24.4. The van der Waals surface area contributed by atoms with E-state index in [0.29, 0.717) is 5.92 Å². The minimum atomic E-state index is 0.351. The molecule has 176 valence electrons. The molecule has 0 amide bonds. The molecule has 3 aromatic heterocycles. The molecule has 36 heavy (non-hydrogen) atoms. The minimum absolute atomic E-state index is 0.351. The van der Waals surface area contributed by atoms with Gasteiger partial charge in [0.05, 0.1) is 22.9 Å². The molecule has 0 saturated heterocycles. The van der Waals surface area contributed by atoms with Gasteiger partial charge in [0.15, 0.2) is 0 Å². The van der Waals surface area contributed by atoms with Crippen LogP contribution in [0.2, 0.25) is 0 Å². The van der Waals surface area contributed by atoms with Crippen LogP contribution in [0.4, 0.5) is 0 Å². The monoisotopic (exact) mass is 486 g/mol. The van der Waals surface area contributed by atoms with Gasteiger partial charge in [-0.15, -0.1) is 11.3 Å². The number of hydrogen-bond donors (Lipinski definition) is 2. The summed E-state index contributed by atoms with van der Waals surface area (Å²) in [6.45, 7) is 6.48. The van der Waals surface area contributed by atoms with Gasteiger partial charge in [-0.25, -0.2) is 9.97 Å². The standard InChI is InChI=1S/C31H26N4S/c1-4-28-32-16-25(33-28)18-9-10-20-15-27(36-26(20)14-18)19-11-12-23-24(13-19)21-7-5-6-8-22(21)29-30(23)35-31(34-29)17(2)3/h5-17H,4H2,1-3H3,(H,32,33)(H,34,35). The van der Waals surface area contributed by atoms with Gasteiger partial charge in [0.2, 0.25) is 0 Å². The van der Waals surface area contributed by atoms with E-state index in [2.05, 4.69) is 102 Å². The molecular formula is C31H26N4S. The highest BCUT2D eigenvalue weighted by Gasteiger charge is 2.16. The second-order valence-corrected chi connectivity index (χ2v) is 10.9. The molecule has 5 heteroatoms. The molecular weight excluding hydrogens is 460 g/mol. The van der Waals surface area contributed by atoms with Crippen molar-refractivity contribution >= 4 is 54.0 Å². The van der Waals surface area contributed by atoms with E-state index >= 15 is 0 Å². The Labute approximate surface area is 213 Å². The lowest BCUT2D eigenvalue weighted by atomic mass is 9.97. The van der Waals surface area contributed by atoms with Crippen molar-refractivity contribution in [2.45, 2.75) is 33.1 Å². The Hall–Kier alpha value is -3.96. The number of H-pyrrole nitrogens is 2. The van der Waals surface area contributed by atoms with E-state index in [9.17, 15) is 0 Å². The van der Waals surface area contributed by atoms with E-state index < -0.39 is 0 Å². The first-order chi connectivity index (χ1) is 17.6. The number of benzene rings is 4. The number of fused-ring (bicyclic) bond motifs is 7. The summed E-state index contributed by atoms with van der Waals surface area (Å²) in [4.78, 5) is 17.8.